The number of carbonyl (C=O) groups excluding carboxylic acids is 4. The van der Waals surface area contributed by atoms with Crippen molar-refractivity contribution in [3.63, 3.8) is 0 Å². The van der Waals surface area contributed by atoms with Crippen molar-refractivity contribution in [2.45, 2.75) is 79.1 Å². The molecular formula is C30H42N4O6. The molecule has 218 valence electrons. The van der Waals surface area contributed by atoms with Crippen molar-refractivity contribution in [3.8, 4) is 11.5 Å². The van der Waals surface area contributed by atoms with Crippen molar-refractivity contribution in [1.29, 1.82) is 0 Å². The molecule has 0 saturated heterocycles. The minimum absolute atomic E-state index is 0.124. The zero-order chi connectivity index (χ0) is 29.7. The molecule has 4 amide bonds. The van der Waals surface area contributed by atoms with Gasteiger partial charge in [-0.1, -0.05) is 52.0 Å². The first kappa shape index (κ1) is 32.1. The standard InChI is InChI=1S/C30H42N4O6/c1-19(2)23-13-11-21(5)15-25(23)39-17-29(37)33-31-27(35)9-7-8-10-28(36)32-34-30(38)18-40-26-16-22(6)12-14-24(26)20(3)4/h11-16,19-20H,7-10,17-18H2,1-6H3,(H,31,35)(H,32,36)(H,33,37)(H,34,38). The zero-order valence-electron chi connectivity index (χ0n) is 24.3. The van der Waals surface area contributed by atoms with Crippen LogP contribution in [0.1, 0.15) is 87.5 Å². The molecule has 10 heteroatoms. The number of benzene rings is 2. The minimum atomic E-state index is -0.480. The maximum Gasteiger partial charge on any atom is 0.276 e. The van der Waals surface area contributed by atoms with Crippen LogP contribution in [-0.2, 0) is 19.2 Å². The predicted molar refractivity (Wildman–Crippen MR) is 153 cm³/mol. The summed E-state index contributed by atoms with van der Waals surface area (Å²) in [4.78, 5) is 48.2. The van der Waals surface area contributed by atoms with Crippen LogP contribution in [0.2, 0.25) is 0 Å². The molecule has 0 aliphatic heterocycles. The first-order valence-electron chi connectivity index (χ1n) is 13.6. The second-order valence-electron chi connectivity index (χ2n) is 10.4. The van der Waals surface area contributed by atoms with E-state index in [-0.39, 0.29) is 49.7 Å². The molecule has 2 aromatic rings. The van der Waals surface area contributed by atoms with Crippen molar-refractivity contribution in [3.05, 3.63) is 58.7 Å². The Morgan fingerprint density at radius 2 is 0.950 bits per heavy atom. The van der Waals surface area contributed by atoms with Gasteiger partial charge in [0.05, 0.1) is 0 Å². The Labute approximate surface area is 236 Å². The summed E-state index contributed by atoms with van der Waals surface area (Å²) in [7, 11) is 0. The lowest BCUT2D eigenvalue weighted by Crippen LogP contribution is -2.44. The smallest absolute Gasteiger partial charge is 0.276 e. The summed E-state index contributed by atoms with van der Waals surface area (Å²) in [5.41, 5.74) is 13.4. The van der Waals surface area contributed by atoms with Crippen molar-refractivity contribution in [1.82, 2.24) is 21.7 Å². The fraction of sp³-hybridized carbons (Fsp3) is 0.467. The summed E-state index contributed by atoms with van der Waals surface area (Å²) in [5, 5.41) is 0. The van der Waals surface area contributed by atoms with E-state index >= 15 is 0 Å². The Morgan fingerprint density at radius 3 is 1.30 bits per heavy atom. The average molecular weight is 555 g/mol. The molecule has 4 N–H and O–H groups in total. The molecule has 0 spiro atoms. The fourth-order valence-corrected chi connectivity index (χ4v) is 3.82. The molecule has 0 unspecified atom stereocenters. The van der Waals surface area contributed by atoms with E-state index < -0.39 is 11.8 Å². The Bertz CT molecular complexity index is 1090. The number of unbranched alkanes of at least 4 members (excludes halogenated alkanes) is 1. The number of carbonyl (C=O) groups is 4. The average Bonchev–Trinajstić information content (AvgIpc) is 2.90. The van der Waals surface area contributed by atoms with Gasteiger partial charge in [0.15, 0.2) is 13.2 Å². The zero-order valence-corrected chi connectivity index (χ0v) is 24.3. The highest BCUT2D eigenvalue weighted by molar-refractivity contribution is 5.83. The molecule has 40 heavy (non-hydrogen) atoms. The summed E-state index contributed by atoms with van der Waals surface area (Å²) in [6, 6.07) is 11.7. The van der Waals surface area contributed by atoms with Crippen molar-refractivity contribution in [2.75, 3.05) is 13.2 Å². The summed E-state index contributed by atoms with van der Waals surface area (Å²) in [5.74, 6) is 0.0535. The summed E-state index contributed by atoms with van der Waals surface area (Å²) >= 11 is 0. The molecular weight excluding hydrogens is 512 g/mol. The summed E-state index contributed by atoms with van der Waals surface area (Å²) in [6.07, 6.45) is 1.10. The second kappa shape index (κ2) is 16.1. The first-order chi connectivity index (χ1) is 19.0. The third kappa shape index (κ3) is 11.3. The first-order valence-corrected chi connectivity index (χ1v) is 13.6. The van der Waals surface area contributed by atoms with E-state index in [2.05, 4.69) is 21.7 Å². The highest BCUT2D eigenvalue weighted by Crippen LogP contribution is 2.28. The van der Waals surface area contributed by atoms with Gasteiger partial charge in [0, 0.05) is 12.8 Å². The van der Waals surface area contributed by atoms with Crippen LogP contribution in [-0.4, -0.2) is 36.8 Å². The number of aryl methyl sites for hydroxylation is 2. The van der Waals surface area contributed by atoms with Gasteiger partial charge in [-0.05, 0) is 72.9 Å². The monoisotopic (exact) mass is 554 g/mol. The lowest BCUT2D eigenvalue weighted by atomic mass is 10.0. The molecule has 0 saturated carbocycles. The van der Waals surface area contributed by atoms with Crippen LogP contribution >= 0.6 is 0 Å². The van der Waals surface area contributed by atoms with E-state index in [0.29, 0.717) is 24.3 Å². The van der Waals surface area contributed by atoms with Gasteiger partial charge < -0.3 is 9.47 Å². The van der Waals surface area contributed by atoms with E-state index in [1.807, 2.05) is 77.9 Å². The maximum atomic E-state index is 12.1. The van der Waals surface area contributed by atoms with Crippen molar-refractivity contribution >= 4 is 23.6 Å². The highest BCUT2D eigenvalue weighted by atomic mass is 16.5. The number of amides is 4. The fourth-order valence-electron chi connectivity index (χ4n) is 3.82. The molecule has 0 heterocycles. The van der Waals surface area contributed by atoms with Gasteiger partial charge in [0.25, 0.3) is 11.8 Å². The van der Waals surface area contributed by atoms with Crippen LogP contribution in [0.3, 0.4) is 0 Å². The van der Waals surface area contributed by atoms with Crippen LogP contribution < -0.4 is 31.2 Å². The van der Waals surface area contributed by atoms with Gasteiger partial charge >= 0.3 is 0 Å². The quantitative estimate of drug-likeness (QED) is 0.219. The Balaban J connectivity index is 1.59. The van der Waals surface area contributed by atoms with E-state index in [1.54, 1.807) is 0 Å². The molecule has 0 aliphatic rings. The van der Waals surface area contributed by atoms with Crippen LogP contribution in [0.15, 0.2) is 36.4 Å². The molecule has 0 aromatic heterocycles. The topological polar surface area (TPSA) is 135 Å². The number of hydrogen-bond acceptors (Lipinski definition) is 6. The van der Waals surface area contributed by atoms with Gasteiger partial charge in [0.1, 0.15) is 11.5 Å². The Morgan fingerprint density at radius 1 is 0.600 bits per heavy atom. The Hall–Kier alpha value is -4.08. The molecule has 10 nitrogen and oxygen atoms in total. The van der Waals surface area contributed by atoms with E-state index in [0.717, 1.165) is 22.3 Å². The molecule has 0 atom stereocenters. The number of hydrazine groups is 2. The van der Waals surface area contributed by atoms with Gasteiger partial charge in [-0.15, -0.1) is 0 Å². The summed E-state index contributed by atoms with van der Waals surface area (Å²) < 4.78 is 11.3. The number of ether oxygens (including phenoxy) is 2. The number of rotatable bonds is 13. The van der Waals surface area contributed by atoms with Crippen molar-refractivity contribution < 1.29 is 28.7 Å². The van der Waals surface area contributed by atoms with Crippen LogP contribution in [0.4, 0.5) is 0 Å². The molecule has 0 bridgehead atoms. The Kier molecular flexibility index (Phi) is 13.0. The molecule has 0 fully saturated rings. The molecule has 2 rings (SSSR count). The van der Waals surface area contributed by atoms with E-state index in [1.165, 1.54) is 0 Å². The van der Waals surface area contributed by atoms with E-state index in [4.69, 9.17) is 9.47 Å². The van der Waals surface area contributed by atoms with Crippen LogP contribution in [0, 0.1) is 13.8 Å². The van der Waals surface area contributed by atoms with Gasteiger partial charge in [-0.2, -0.15) is 0 Å². The predicted octanol–water partition coefficient (Wildman–Crippen LogP) is 3.86. The normalized spacial score (nSPS) is 10.7. The molecule has 0 aliphatic carbocycles. The van der Waals surface area contributed by atoms with Gasteiger partial charge in [0.2, 0.25) is 11.8 Å². The minimum Gasteiger partial charge on any atom is -0.483 e. The third-order valence-electron chi connectivity index (χ3n) is 6.04. The lowest BCUT2D eigenvalue weighted by molar-refractivity contribution is -0.130. The van der Waals surface area contributed by atoms with Gasteiger partial charge in [-0.3, -0.25) is 40.9 Å². The van der Waals surface area contributed by atoms with Gasteiger partial charge in [-0.25, -0.2) is 0 Å². The van der Waals surface area contributed by atoms with E-state index in [9.17, 15) is 19.2 Å². The highest BCUT2D eigenvalue weighted by Gasteiger charge is 2.13. The third-order valence-corrected chi connectivity index (χ3v) is 6.04. The number of hydrogen-bond donors (Lipinski definition) is 4. The van der Waals surface area contributed by atoms with Crippen molar-refractivity contribution in [2.24, 2.45) is 0 Å². The number of nitrogens with one attached hydrogen (secondary N) is 4. The maximum absolute atomic E-state index is 12.1. The largest absolute Gasteiger partial charge is 0.483 e. The lowest BCUT2D eigenvalue weighted by Gasteiger charge is -2.15. The SMILES string of the molecule is Cc1ccc(C(C)C)c(OCC(=O)NNC(=O)CCCCC(=O)NNC(=O)COc2cc(C)ccc2C(C)C)c1. The molecule has 0 radical (unpaired) electrons. The van der Waals surface area contributed by atoms with Crippen LogP contribution in [0.5, 0.6) is 11.5 Å². The summed E-state index contributed by atoms with van der Waals surface area (Å²) in [6.45, 7) is 11.6. The second-order valence-corrected chi connectivity index (χ2v) is 10.4. The van der Waals surface area contributed by atoms with Crippen LogP contribution in [0.25, 0.3) is 0 Å². The molecule has 2 aromatic carbocycles.